The van der Waals surface area contributed by atoms with E-state index in [9.17, 15) is 5.11 Å². The van der Waals surface area contributed by atoms with Crippen LogP contribution in [0.5, 0.6) is 0 Å². The number of hydrogen-bond acceptors (Lipinski definition) is 2. The zero-order valence-corrected chi connectivity index (χ0v) is 9.04. The smallest absolute Gasteiger partial charge is 0.0636 e. The van der Waals surface area contributed by atoms with Crippen molar-refractivity contribution in [1.82, 2.24) is 0 Å². The molecule has 1 unspecified atom stereocenters. The predicted octanol–water partition coefficient (Wildman–Crippen LogP) is 2.06. The van der Waals surface area contributed by atoms with Gasteiger partial charge in [-0.05, 0) is 31.6 Å². The third-order valence-electron chi connectivity index (χ3n) is 4.48. The van der Waals surface area contributed by atoms with E-state index in [1.54, 1.807) is 0 Å². The van der Waals surface area contributed by atoms with Gasteiger partial charge < -0.3 is 10.8 Å². The van der Waals surface area contributed by atoms with E-state index in [0.29, 0.717) is 12.5 Å². The molecule has 1 atom stereocenters. The summed E-state index contributed by atoms with van der Waals surface area (Å²) < 4.78 is 0. The highest BCUT2D eigenvalue weighted by molar-refractivity contribution is 4.95. The first-order chi connectivity index (χ1) is 6.78. The van der Waals surface area contributed by atoms with Crippen molar-refractivity contribution in [3.05, 3.63) is 0 Å². The molecule has 2 fully saturated rings. The molecule has 2 saturated carbocycles. The maximum absolute atomic E-state index is 10.4. The predicted molar refractivity (Wildman–Crippen MR) is 57.9 cm³/mol. The monoisotopic (exact) mass is 197 g/mol. The summed E-state index contributed by atoms with van der Waals surface area (Å²) in [4.78, 5) is 0. The minimum absolute atomic E-state index is 0.0866. The zero-order valence-electron chi connectivity index (χ0n) is 9.04. The normalized spacial score (nSPS) is 29.6. The summed E-state index contributed by atoms with van der Waals surface area (Å²) in [5.41, 5.74) is 5.98. The van der Waals surface area contributed by atoms with Gasteiger partial charge in [0.2, 0.25) is 0 Å². The summed E-state index contributed by atoms with van der Waals surface area (Å²) >= 11 is 0. The van der Waals surface area contributed by atoms with Gasteiger partial charge in [0.15, 0.2) is 0 Å². The molecule has 0 aromatic carbocycles. The molecule has 0 saturated heterocycles. The summed E-state index contributed by atoms with van der Waals surface area (Å²) in [6, 6.07) is 0. The highest BCUT2D eigenvalue weighted by Gasteiger charge is 2.43. The Balaban J connectivity index is 2.01. The second-order valence-corrected chi connectivity index (χ2v) is 5.26. The molecule has 2 heteroatoms. The summed E-state index contributed by atoms with van der Waals surface area (Å²) in [5.74, 6) is 0.566. The number of aliphatic hydroxyl groups excluding tert-OH is 1. The molecule has 0 spiro atoms. The number of hydrogen-bond donors (Lipinski definition) is 2. The van der Waals surface area contributed by atoms with Crippen molar-refractivity contribution in [3.8, 4) is 0 Å². The van der Waals surface area contributed by atoms with Gasteiger partial charge in [0, 0.05) is 12.0 Å². The molecule has 0 radical (unpaired) electrons. The van der Waals surface area contributed by atoms with E-state index in [4.69, 9.17) is 5.73 Å². The molecule has 0 heterocycles. The topological polar surface area (TPSA) is 46.2 Å². The van der Waals surface area contributed by atoms with Crippen LogP contribution in [0.25, 0.3) is 0 Å². The fourth-order valence-corrected chi connectivity index (χ4v) is 3.13. The largest absolute Gasteiger partial charge is 0.392 e. The second-order valence-electron chi connectivity index (χ2n) is 5.26. The molecule has 0 aromatic heterocycles. The first-order valence-corrected chi connectivity index (χ1v) is 6.17. The minimum atomic E-state index is -0.110. The first kappa shape index (κ1) is 10.4. The van der Waals surface area contributed by atoms with Gasteiger partial charge >= 0.3 is 0 Å². The zero-order chi connectivity index (χ0) is 10.0. The van der Waals surface area contributed by atoms with Crippen molar-refractivity contribution >= 4 is 0 Å². The van der Waals surface area contributed by atoms with Crippen molar-refractivity contribution in [2.24, 2.45) is 17.1 Å². The first-order valence-electron chi connectivity index (χ1n) is 6.17. The van der Waals surface area contributed by atoms with E-state index in [0.717, 1.165) is 12.8 Å². The SMILES string of the molecule is NCC1(C(O)C2CCC2)CCCCC1. The van der Waals surface area contributed by atoms with Crippen molar-refractivity contribution < 1.29 is 5.11 Å². The fraction of sp³-hybridized carbons (Fsp3) is 1.00. The molecule has 0 bridgehead atoms. The Morgan fingerprint density at radius 2 is 1.79 bits per heavy atom. The third-order valence-corrected chi connectivity index (χ3v) is 4.48. The van der Waals surface area contributed by atoms with Gasteiger partial charge in [0.1, 0.15) is 0 Å². The van der Waals surface area contributed by atoms with E-state index >= 15 is 0 Å². The summed E-state index contributed by atoms with van der Waals surface area (Å²) in [5, 5.41) is 10.4. The Hall–Kier alpha value is -0.0800. The van der Waals surface area contributed by atoms with Crippen molar-refractivity contribution in [2.75, 3.05) is 6.54 Å². The maximum Gasteiger partial charge on any atom is 0.0636 e. The lowest BCUT2D eigenvalue weighted by atomic mass is 9.63. The van der Waals surface area contributed by atoms with Crippen molar-refractivity contribution in [1.29, 1.82) is 0 Å². The van der Waals surface area contributed by atoms with E-state index in [-0.39, 0.29) is 11.5 Å². The van der Waals surface area contributed by atoms with Crippen LogP contribution in [-0.2, 0) is 0 Å². The van der Waals surface area contributed by atoms with Crippen LogP contribution in [0.3, 0.4) is 0 Å². The van der Waals surface area contributed by atoms with Crippen LogP contribution in [-0.4, -0.2) is 17.8 Å². The molecule has 2 aliphatic rings. The molecule has 0 aliphatic heterocycles. The van der Waals surface area contributed by atoms with Gasteiger partial charge in [0.05, 0.1) is 6.10 Å². The molecule has 3 N–H and O–H groups in total. The summed E-state index contributed by atoms with van der Waals surface area (Å²) in [7, 11) is 0. The van der Waals surface area contributed by atoms with Gasteiger partial charge in [-0.25, -0.2) is 0 Å². The second kappa shape index (κ2) is 4.19. The van der Waals surface area contributed by atoms with Crippen molar-refractivity contribution in [3.63, 3.8) is 0 Å². The fourth-order valence-electron chi connectivity index (χ4n) is 3.13. The van der Waals surface area contributed by atoms with Gasteiger partial charge in [-0.2, -0.15) is 0 Å². The number of aliphatic hydroxyl groups is 1. The summed E-state index contributed by atoms with van der Waals surface area (Å²) in [6.07, 6.45) is 9.82. The lowest BCUT2D eigenvalue weighted by Crippen LogP contribution is -2.48. The number of rotatable bonds is 3. The van der Waals surface area contributed by atoms with Crippen molar-refractivity contribution in [2.45, 2.75) is 57.5 Å². The molecule has 82 valence electrons. The van der Waals surface area contributed by atoms with E-state index in [1.165, 1.54) is 38.5 Å². The van der Waals surface area contributed by atoms with Gasteiger partial charge in [-0.3, -0.25) is 0 Å². The molecule has 0 aromatic rings. The Kier molecular flexibility index (Phi) is 3.13. The average Bonchev–Trinajstić information content (AvgIpc) is 2.16. The van der Waals surface area contributed by atoms with E-state index in [1.807, 2.05) is 0 Å². The average molecular weight is 197 g/mol. The van der Waals surface area contributed by atoms with Crippen LogP contribution in [0.2, 0.25) is 0 Å². The van der Waals surface area contributed by atoms with Gasteiger partial charge in [-0.1, -0.05) is 25.7 Å². The quantitative estimate of drug-likeness (QED) is 0.727. The van der Waals surface area contributed by atoms with E-state index < -0.39 is 0 Å². The molecule has 2 nitrogen and oxygen atoms in total. The molecule has 0 amide bonds. The molecular weight excluding hydrogens is 174 g/mol. The van der Waals surface area contributed by atoms with Gasteiger partial charge in [-0.15, -0.1) is 0 Å². The third kappa shape index (κ3) is 1.70. The lowest BCUT2D eigenvalue weighted by Gasteiger charge is -2.46. The Morgan fingerprint density at radius 3 is 2.21 bits per heavy atom. The van der Waals surface area contributed by atoms with Crippen LogP contribution >= 0.6 is 0 Å². The maximum atomic E-state index is 10.4. The molecule has 14 heavy (non-hydrogen) atoms. The Bertz CT molecular complexity index is 183. The highest BCUT2D eigenvalue weighted by Crippen LogP contribution is 2.45. The van der Waals surface area contributed by atoms with Gasteiger partial charge in [0.25, 0.3) is 0 Å². The Morgan fingerprint density at radius 1 is 1.14 bits per heavy atom. The highest BCUT2D eigenvalue weighted by atomic mass is 16.3. The Labute approximate surface area is 86.9 Å². The minimum Gasteiger partial charge on any atom is -0.392 e. The number of nitrogens with two attached hydrogens (primary N) is 1. The van der Waals surface area contributed by atoms with Crippen LogP contribution < -0.4 is 5.73 Å². The summed E-state index contributed by atoms with van der Waals surface area (Å²) in [6.45, 7) is 0.685. The molecule has 2 aliphatic carbocycles. The van der Waals surface area contributed by atoms with Crippen LogP contribution in [0.4, 0.5) is 0 Å². The standard InChI is InChI=1S/C12H23NO/c13-9-12(7-2-1-3-8-12)11(14)10-5-4-6-10/h10-11,14H,1-9,13H2. The molecule has 2 rings (SSSR count). The van der Waals surface area contributed by atoms with E-state index in [2.05, 4.69) is 0 Å². The van der Waals surface area contributed by atoms with Crippen LogP contribution in [0.1, 0.15) is 51.4 Å². The lowest BCUT2D eigenvalue weighted by molar-refractivity contribution is -0.0589. The van der Waals surface area contributed by atoms with Crippen LogP contribution in [0.15, 0.2) is 0 Å². The molecular formula is C12H23NO. The van der Waals surface area contributed by atoms with Crippen LogP contribution in [0, 0.1) is 11.3 Å².